The zero-order valence-corrected chi connectivity index (χ0v) is 13.3. The highest BCUT2D eigenvalue weighted by atomic mass is 32.2. The van der Waals surface area contributed by atoms with Gasteiger partial charge in [-0.1, -0.05) is 45.4 Å². The predicted octanol–water partition coefficient (Wildman–Crippen LogP) is 5.45. The van der Waals surface area contributed by atoms with Gasteiger partial charge in [0.1, 0.15) is 0 Å². The highest BCUT2D eigenvalue weighted by Gasteiger charge is 2.35. The zero-order valence-electron chi connectivity index (χ0n) is 12.4. The van der Waals surface area contributed by atoms with Crippen molar-refractivity contribution in [1.82, 2.24) is 0 Å². The van der Waals surface area contributed by atoms with Gasteiger partial charge in [0.25, 0.3) is 0 Å². The molecule has 1 atom stereocenters. The third-order valence-corrected chi connectivity index (χ3v) is 4.22. The Kier molecular flexibility index (Phi) is 6.59. The fourth-order valence-electron chi connectivity index (χ4n) is 2.50. The van der Waals surface area contributed by atoms with Gasteiger partial charge in [0.05, 0.1) is 5.69 Å². The van der Waals surface area contributed by atoms with Crippen LogP contribution in [0.3, 0.4) is 0 Å². The molecule has 0 saturated carbocycles. The topological polar surface area (TPSA) is 32.6 Å². The van der Waals surface area contributed by atoms with Gasteiger partial charge in [-0.25, -0.2) is 0 Å². The number of hydrogen-bond donors (Lipinski definition) is 1. The minimum Gasteiger partial charge on any atom is -0.330 e. The van der Waals surface area contributed by atoms with Crippen LogP contribution in [0.5, 0.6) is 0 Å². The molecule has 1 aliphatic heterocycles. The number of fused-ring (bicyclic) bond motifs is 1. The molecule has 0 amide bonds. The van der Waals surface area contributed by atoms with Crippen LogP contribution in [0.1, 0.15) is 52.5 Å². The number of aliphatic imine (C=N–C) groups is 1. The van der Waals surface area contributed by atoms with E-state index in [1.807, 2.05) is 19.9 Å². The van der Waals surface area contributed by atoms with E-state index >= 15 is 0 Å². The number of rotatable bonds is 5. The lowest BCUT2D eigenvalue weighted by Crippen LogP contribution is -2.27. The second-order valence-electron chi connectivity index (χ2n) is 4.84. The molecule has 1 aliphatic rings. The smallest absolute Gasteiger partial charge is 0.0670 e. The minimum absolute atomic E-state index is 0.0940. The third kappa shape index (κ3) is 3.61. The number of unbranched alkanes of at least 4 members (excludes halogenated alkanes) is 1. The summed E-state index contributed by atoms with van der Waals surface area (Å²) in [5.74, 6) is 0.827. The average Bonchev–Trinajstić information content (AvgIpc) is 2.70. The Morgan fingerprint density at radius 3 is 2.58 bits per heavy atom. The Hall–Kier alpha value is -0.800. The first-order chi connectivity index (χ1) is 9.18. The molecule has 0 saturated heterocycles. The summed E-state index contributed by atoms with van der Waals surface area (Å²) in [7, 11) is 0. The maximum atomic E-state index is 8.73. The van der Waals surface area contributed by atoms with E-state index in [1.54, 1.807) is 0 Å². The van der Waals surface area contributed by atoms with Crippen molar-refractivity contribution < 1.29 is 4.55 Å². The second kappa shape index (κ2) is 7.71. The van der Waals surface area contributed by atoms with E-state index in [0.717, 1.165) is 42.7 Å². The summed E-state index contributed by atoms with van der Waals surface area (Å²) >= 11 is 0.939. The maximum absolute atomic E-state index is 8.73. The van der Waals surface area contributed by atoms with Gasteiger partial charge in [-0.15, -0.1) is 0 Å². The fraction of sp³-hybridized carbons (Fsp3) is 0.562. The Bertz CT molecular complexity index is 431. The van der Waals surface area contributed by atoms with Gasteiger partial charge in [0.2, 0.25) is 0 Å². The van der Waals surface area contributed by atoms with Gasteiger partial charge in [-0.05, 0) is 43.4 Å². The van der Waals surface area contributed by atoms with Crippen LogP contribution in [0.2, 0.25) is 0 Å². The van der Waals surface area contributed by atoms with Crippen LogP contribution in [0.25, 0.3) is 0 Å². The van der Waals surface area contributed by atoms with E-state index in [1.165, 1.54) is 11.3 Å². The summed E-state index contributed by atoms with van der Waals surface area (Å²) < 4.78 is 8.73. The second-order valence-corrected chi connectivity index (χ2v) is 5.50. The molecule has 0 radical (unpaired) electrons. The molecule has 106 valence electrons. The highest BCUT2D eigenvalue weighted by molar-refractivity contribution is 7.93. The summed E-state index contributed by atoms with van der Waals surface area (Å²) in [5.41, 5.74) is 3.80. The lowest BCUT2D eigenvalue weighted by atomic mass is 9.76. The molecule has 0 aliphatic carbocycles. The van der Waals surface area contributed by atoms with Crippen molar-refractivity contribution in [1.29, 1.82) is 0 Å². The third-order valence-electron chi connectivity index (χ3n) is 3.75. The monoisotopic (exact) mass is 279 g/mol. The van der Waals surface area contributed by atoms with E-state index in [4.69, 9.17) is 4.55 Å². The van der Waals surface area contributed by atoms with Crippen molar-refractivity contribution in [3.8, 4) is 0 Å². The van der Waals surface area contributed by atoms with E-state index in [9.17, 15) is 0 Å². The van der Waals surface area contributed by atoms with Crippen molar-refractivity contribution in [3.05, 3.63) is 29.8 Å². The predicted molar refractivity (Wildman–Crippen MR) is 86.8 cm³/mol. The standard InChI is InChI=1S/C14H19NOS.C2H6/c1-11-14(2,9-5-6-10-17-16)12-7-3-4-8-13(12)15-11;1-2/h3-4,7-8,16H,5-6,9-10H2,1-2H3;1-2H3. The Labute approximate surface area is 121 Å². The van der Waals surface area contributed by atoms with Crippen molar-refractivity contribution in [2.45, 2.75) is 52.4 Å². The summed E-state index contributed by atoms with van der Waals surface area (Å²) in [6.45, 7) is 8.41. The number of nitrogens with zero attached hydrogens (tertiary/aromatic N) is 1. The highest BCUT2D eigenvalue weighted by Crippen LogP contribution is 2.42. The van der Waals surface area contributed by atoms with Crippen molar-refractivity contribution in [2.75, 3.05) is 5.75 Å². The Morgan fingerprint density at radius 2 is 1.89 bits per heavy atom. The van der Waals surface area contributed by atoms with Gasteiger partial charge < -0.3 is 4.55 Å². The largest absolute Gasteiger partial charge is 0.330 e. The van der Waals surface area contributed by atoms with Gasteiger partial charge in [0, 0.05) is 16.9 Å². The molecule has 1 unspecified atom stereocenters. The minimum atomic E-state index is 0.0940. The molecule has 0 fully saturated rings. The molecule has 0 spiro atoms. The number of para-hydroxylation sites is 1. The zero-order chi connectivity index (χ0) is 14.3. The van der Waals surface area contributed by atoms with Crippen molar-refractivity contribution in [2.24, 2.45) is 4.99 Å². The first-order valence-corrected chi connectivity index (χ1v) is 8.04. The van der Waals surface area contributed by atoms with Crippen LogP contribution in [-0.4, -0.2) is 16.0 Å². The molecule has 1 aromatic rings. The van der Waals surface area contributed by atoms with Crippen LogP contribution < -0.4 is 0 Å². The Morgan fingerprint density at radius 1 is 1.21 bits per heavy atom. The van der Waals surface area contributed by atoms with E-state index in [-0.39, 0.29) is 5.41 Å². The van der Waals surface area contributed by atoms with E-state index in [2.05, 4.69) is 37.0 Å². The molecule has 1 aromatic carbocycles. The average molecular weight is 279 g/mol. The summed E-state index contributed by atoms with van der Waals surface area (Å²) in [6, 6.07) is 8.42. The lowest BCUT2D eigenvalue weighted by molar-refractivity contribution is 0.547. The van der Waals surface area contributed by atoms with Crippen LogP contribution in [0.4, 0.5) is 5.69 Å². The SMILES string of the molecule is CC.CC1=Nc2ccccc2C1(C)CCCCSO. The molecule has 2 nitrogen and oxygen atoms in total. The van der Waals surface area contributed by atoms with Crippen LogP contribution >= 0.6 is 12.0 Å². The molecule has 3 heteroatoms. The van der Waals surface area contributed by atoms with Crippen LogP contribution in [0.15, 0.2) is 29.3 Å². The van der Waals surface area contributed by atoms with E-state index in [0.29, 0.717) is 0 Å². The molecule has 19 heavy (non-hydrogen) atoms. The van der Waals surface area contributed by atoms with Crippen LogP contribution in [-0.2, 0) is 5.41 Å². The fourth-order valence-corrected chi connectivity index (χ4v) is 2.83. The van der Waals surface area contributed by atoms with Gasteiger partial charge >= 0.3 is 0 Å². The molecular formula is C16H25NOS. The molecule has 0 aromatic heterocycles. The van der Waals surface area contributed by atoms with Crippen molar-refractivity contribution in [3.63, 3.8) is 0 Å². The lowest BCUT2D eigenvalue weighted by Gasteiger charge is -2.26. The molecule has 1 N–H and O–H groups in total. The molecule has 2 rings (SSSR count). The van der Waals surface area contributed by atoms with Gasteiger partial charge in [0.15, 0.2) is 0 Å². The van der Waals surface area contributed by atoms with E-state index < -0.39 is 0 Å². The molecular weight excluding hydrogens is 254 g/mol. The van der Waals surface area contributed by atoms with Crippen molar-refractivity contribution >= 4 is 23.4 Å². The number of hydrogen-bond acceptors (Lipinski definition) is 3. The summed E-state index contributed by atoms with van der Waals surface area (Å²) in [6.07, 6.45) is 3.30. The van der Waals surface area contributed by atoms with Gasteiger partial charge in [-0.2, -0.15) is 0 Å². The van der Waals surface area contributed by atoms with Gasteiger partial charge in [-0.3, -0.25) is 4.99 Å². The Balaban J connectivity index is 0.000000861. The molecule has 0 bridgehead atoms. The normalized spacial score (nSPS) is 20.4. The summed E-state index contributed by atoms with van der Waals surface area (Å²) in [4.78, 5) is 4.67. The maximum Gasteiger partial charge on any atom is 0.0670 e. The first-order valence-electron chi connectivity index (χ1n) is 7.10. The quantitative estimate of drug-likeness (QED) is 0.574. The first kappa shape index (κ1) is 16.3. The summed E-state index contributed by atoms with van der Waals surface area (Å²) in [5, 5.41) is 0. The number of benzene rings is 1. The molecule has 1 heterocycles. The van der Waals surface area contributed by atoms with Crippen LogP contribution in [0, 0.1) is 0 Å².